The maximum Gasteiger partial charge on any atom is 0.123 e. The van der Waals surface area contributed by atoms with Gasteiger partial charge in [-0.3, -0.25) is 9.88 Å². The Hall–Kier alpha value is -1.49. The van der Waals surface area contributed by atoms with Crippen molar-refractivity contribution >= 4 is 28.8 Å². The summed E-state index contributed by atoms with van der Waals surface area (Å²) in [4.78, 5) is 6.74. The minimum absolute atomic E-state index is 0.330. The van der Waals surface area contributed by atoms with Gasteiger partial charge >= 0.3 is 0 Å². The van der Waals surface area contributed by atoms with Gasteiger partial charge in [-0.05, 0) is 36.4 Å². The maximum absolute atomic E-state index is 5.99. The molecule has 0 atom stereocenters. The monoisotopic (exact) mass is 305 g/mol. The van der Waals surface area contributed by atoms with Crippen LogP contribution in [0, 0.1) is 0 Å². The molecule has 0 bridgehead atoms. The van der Waals surface area contributed by atoms with Crippen LogP contribution in [0.25, 0.3) is 0 Å². The lowest BCUT2D eigenvalue weighted by atomic mass is 10.1. The normalized spacial score (nSPS) is 10.8. The fourth-order valence-corrected chi connectivity index (χ4v) is 2.48. The van der Waals surface area contributed by atoms with Gasteiger partial charge in [0.05, 0.1) is 0 Å². The number of aromatic nitrogens is 1. The van der Waals surface area contributed by atoms with Crippen LogP contribution in [0.2, 0.25) is 5.02 Å². The average Bonchev–Trinajstić information content (AvgIpc) is 2.38. The third-order valence-corrected chi connectivity index (χ3v) is 3.33. The largest absolute Gasteiger partial charge is 0.388 e. The van der Waals surface area contributed by atoms with Gasteiger partial charge in [0.2, 0.25) is 0 Å². The first kappa shape index (κ1) is 14.9. The quantitative estimate of drug-likeness (QED) is 0.862. The molecular formula is C15H16ClN3S. The molecule has 20 heavy (non-hydrogen) atoms. The Morgan fingerprint density at radius 1 is 1.30 bits per heavy atom. The van der Waals surface area contributed by atoms with Crippen LogP contribution in [0.15, 0.2) is 42.6 Å². The predicted molar refractivity (Wildman–Crippen MR) is 86.7 cm³/mol. The molecule has 0 aliphatic heterocycles. The van der Waals surface area contributed by atoms with Gasteiger partial charge in [-0.25, -0.2) is 0 Å². The first-order valence-electron chi connectivity index (χ1n) is 6.23. The van der Waals surface area contributed by atoms with E-state index in [2.05, 4.69) is 16.0 Å². The molecule has 2 aromatic rings. The van der Waals surface area contributed by atoms with E-state index in [4.69, 9.17) is 29.6 Å². The number of halogens is 1. The molecule has 0 unspecified atom stereocenters. The molecule has 0 amide bonds. The molecule has 0 radical (unpaired) electrons. The number of benzene rings is 1. The summed E-state index contributed by atoms with van der Waals surface area (Å²) in [5.74, 6) is 0. The molecule has 0 aliphatic carbocycles. The SMILES string of the molecule is CN(Cc1cccc(Cl)c1)Cc1cccnc1C(N)=S. The summed E-state index contributed by atoms with van der Waals surface area (Å²) in [6.07, 6.45) is 1.70. The van der Waals surface area contributed by atoms with Crippen LogP contribution >= 0.6 is 23.8 Å². The van der Waals surface area contributed by atoms with E-state index in [-0.39, 0.29) is 0 Å². The van der Waals surface area contributed by atoms with Crippen LogP contribution in [0.1, 0.15) is 16.8 Å². The van der Waals surface area contributed by atoms with Gasteiger partial charge in [0, 0.05) is 24.3 Å². The Kier molecular flexibility index (Phi) is 5.06. The zero-order chi connectivity index (χ0) is 14.5. The first-order chi connectivity index (χ1) is 9.56. The van der Waals surface area contributed by atoms with E-state index >= 15 is 0 Å². The summed E-state index contributed by atoms with van der Waals surface area (Å²) >= 11 is 11.0. The van der Waals surface area contributed by atoms with Gasteiger partial charge in [0.15, 0.2) is 0 Å². The minimum Gasteiger partial charge on any atom is -0.388 e. The van der Waals surface area contributed by atoms with Gasteiger partial charge in [-0.2, -0.15) is 0 Å². The number of rotatable bonds is 5. The molecule has 2 N–H and O–H groups in total. The zero-order valence-electron chi connectivity index (χ0n) is 11.2. The molecule has 1 aromatic carbocycles. The highest BCUT2D eigenvalue weighted by Gasteiger charge is 2.09. The summed E-state index contributed by atoms with van der Waals surface area (Å²) < 4.78 is 0. The van der Waals surface area contributed by atoms with Crippen molar-refractivity contribution < 1.29 is 0 Å². The molecule has 1 heterocycles. The van der Waals surface area contributed by atoms with Crippen LogP contribution in [-0.2, 0) is 13.1 Å². The van der Waals surface area contributed by atoms with Crippen molar-refractivity contribution in [2.45, 2.75) is 13.1 Å². The predicted octanol–water partition coefficient (Wildman–Crippen LogP) is 3.00. The van der Waals surface area contributed by atoms with E-state index < -0.39 is 0 Å². The van der Waals surface area contributed by atoms with E-state index in [0.29, 0.717) is 10.7 Å². The Bertz CT molecular complexity index is 616. The number of nitrogens with zero attached hydrogens (tertiary/aromatic N) is 2. The lowest BCUT2D eigenvalue weighted by Crippen LogP contribution is -2.21. The van der Waals surface area contributed by atoms with Crippen molar-refractivity contribution in [2.24, 2.45) is 5.73 Å². The summed E-state index contributed by atoms with van der Waals surface area (Å²) in [6.45, 7) is 1.53. The summed E-state index contributed by atoms with van der Waals surface area (Å²) in [7, 11) is 2.04. The molecule has 0 aliphatic rings. The fourth-order valence-electron chi connectivity index (χ4n) is 2.08. The standard InChI is InChI=1S/C15H16ClN3S/c1-19(9-11-4-2-6-13(16)8-11)10-12-5-3-7-18-14(12)15(17)20/h2-8H,9-10H2,1H3,(H2,17,20). The van der Waals surface area contributed by atoms with E-state index in [9.17, 15) is 0 Å². The molecule has 0 saturated carbocycles. The van der Waals surface area contributed by atoms with Crippen LogP contribution < -0.4 is 5.73 Å². The van der Waals surface area contributed by atoms with Crippen molar-refractivity contribution in [3.63, 3.8) is 0 Å². The van der Waals surface area contributed by atoms with Crippen LogP contribution in [0.3, 0.4) is 0 Å². The third-order valence-electron chi connectivity index (χ3n) is 2.91. The van der Waals surface area contributed by atoms with Gasteiger partial charge in [0.25, 0.3) is 0 Å². The summed E-state index contributed by atoms with van der Waals surface area (Å²) in [5.41, 5.74) is 8.59. The van der Waals surface area contributed by atoms with Crippen LogP contribution in [-0.4, -0.2) is 21.9 Å². The summed E-state index contributed by atoms with van der Waals surface area (Å²) in [5, 5.41) is 0.751. The molecule has 1 aromatic heterocycles. The molecule has 2 rings (SSSR count). The number of hydrogen-bond donors (Lipinski definition) is 1. The molecule has 5 heteroatoms. The second-order valence-corrected chi connectivity index (χ2v) is 5.55. The second-order valence-electron chi connectivity index (χ2n) is 4.68. The Labute approximate surface area is 129 Å². The van der Waals surface area contributed by atoms with Crippen LogP contribution in [0.4, 0.5) is 0 Å². The molecular weight excluding hydrogens is 290 g/mol. The summed E-state index contributed by atoms with van der Waals surface area (Å²) in [6, 6.07) is 11.7. The highest BCUT2D eigenvalue weighted by atomic mass is 35.5. The highest BCUT2D eigenvalue weighted by molar-refractivity contribution is 7.80. The van der Waals surface area contributed by atoms with Gasteiger partial charge in [-0.15, -0.1) is 0 Å². The highest BCUT2D eigenvalue weighted by Crippen LogP contribution is 2.14. The second kappa shape index (κ2) is 6.79. The van der Waals surface area contributed by atoms with Gasteiger partial charge < -0.3 is 5.73 Å². The number of nitrogens with two attached hydrogens (primary N) is 1. The van der Waals surface area contributed by atoms with E-state index in [0.717, 1.165) is 23.7 Å². The van der Waals surface area contributed by atoms with Crippen molar-refractivity contribution in [1.82, 2.24) is 9.88 Å². The minimum atomic E-state index is 0.330. The van der Waals surface area contributed by atoms with Crippen LogP contribution in [0.5, 0.6) is 0 Å². The smallest absolute Gasteiger partial charge is 0.123 e. The maximum atomic E-state index is 5.99. The van der Waals surface area contributed by atoms with Crippen molar-refractivity contribution in [3.05, 3.63) is 64.4 Å². The topological polar surface area (TPSA) is 42.2 Å². The third kappa shape index (κ3) is 4.00. The van der Waals surface area contributed by atoms with Gasteiger partial charge in [0.1, 0.15) is 10.7 Å². The zero-order valence-corrected chi connectivity index (χ0v) is 12.8. The van der Waals surface area contributed by atoms with E-state index in [1.165, 1.54) is 5.56 Å². The van der Waals surface area contributed by atoms with Gasteiger partial charge in [-0.1, -0.05) is 42.0 Å². The molecule has 0 spiro atoms. The number of thiocarbonyl (C=S) groups is 1. The molecule has 0 saturated heterocycles. The molecule has 3 nitrogen and oxygen atoms in total. The van der Waals surface area contributed by atoms with Crippen molar-refractivity contribution in [2.75, 3.05) is 7.05 Å². The average molecular weight is 306 g/mol. The lowest BCUT2D eigenvalue weighted by molar-refractivity contribution is 0.318. The van der Waals surface area contributed by atoms with Crippen molar-refractivity contribution in [3.8, 4) is 0 Å². The number of hydrogen-bond acceptors (Lipinski definition) is 3. The Morgan fingerprint density at radius 3 is 2.80 bits per heavy atom. The number of pyridine rings is 1. The van der Waals surface area contributed by atoms with E-state index in [1.54, 1.807) is 6.20 Å². The first-order valence-corrected chi connectivity index (χ1v) is 7.01. The Morgan fingerprint density at radius 2 is 2.10 bits per heavy atom. The lowest BCUT2D eigenvalue weighted by Gasteiger charge is -2.18. The molecule has 0 fully saturated rings. The Balaban J connectivity index is 2.08. The van der Waals surface area contributed by atoms with Crippen molar-refractivity contribution in [1.29, 1.82) is 0 Å². The van der Waals surface area contributed by atoms with E-state index in [1.807, 2.05) is 37.4 Å². The molecule has 104 valence electrons. The fraction of sp³-hybridized carbons (Fsp3) is 0.200.